The third kappa shape index (κ3) is 2.68. The van der Waals surface area contributed by atoms with Crippen LogP contribution in [0.1, 0.15) is 30.1 Å². The van der Waals surface area contributed by atoms with E-state index in [0.29, 0.717) is 5.56 Å². The molecule has 0 spiro atoms. The molecule has 3 heteroatoms. The van der Waals surface area contributed by atoms with Crippen molar-refractivity contribution in [2.45, 2.75) is 31.9 Å². The van der Waals surface area contributed by atoms with Crippen LogP contribution in [0.5, 0.6) is 0 Å². The first-order valence-electron chi connectivity index (χ1n) is 7.15. The molecule has 0 bridgehead atoms. The predicted octanol–water partition coefficient (Wildman–Crippen LogP) is 3.14. The highest BCUT2D eigenvalue weighted by Gasteiger charge is 2.23. The molecule has 3 rings (SSSR count). The van der Waals surface area contributed by atoms with Crippen LogP contribution in [-0.4, -0.2) is 24.7 Å². The van der Waals surface area contributed by atoms with Crippen molar-refractivity contribution >= 4 is 16.7 Å². The zero-order valence-corrected chi connectivity index (χ0v) is 11.6. The summed E-state index contributed by atoms with van der Waals surface area (Å²) in [4.78, 5) is 12.3. The van der Waals surface area contributed by atoms with E-state index in [2.05, 4.69) is 5.32 Å². The number of ether oxygens (including phenoxy) is 1. The molecule has 0 radical (unpaired) electrons. The molecule has 1 aliphatic rings. The summed E-state index contributed by atoms with van der Waals surface area (Å²) in [5.74, 6) is -0.0289. The normalized spacial score (nSPS) is 19.9. The van der Waals surface area contributed by atoms with Gasteiger partial charge >= 0.3 is 0 Å². The Bertz CT molecular complexity index is 617. The van der Waals surface area contributed by atoms with Gasteiger partial charge in [-0.1, -0.05) is 30.3 Å². The van der Waals surface area contributed by atoms with Gasteiger partial charge in [0.05, 0.1) is 12.1 Å². The van der Waals surface area contributed by atoms with Crippen molar-refractivity contribution in [3.05, 3.63) is 48.0 Å². The van der Waals surface area contributed by atoms with Gasteiger partial charge in [-0.25, -0.2) is 0 Å². The van der Waals surface area contributed by atoms with Crippen LogP contribution in [-0.2, 0) is 4.74 Å². The van der Waals surface area contributed by atoms with E-state index in [0.717, 1.165) is 30.2 Å². The highest BCUT2D eigenvalue weighted by Crippen LogP contribution is 2.18. The number of fused-ring (bicyclic) bond motifs is 1. The summed E-state index contributed by atoms with van der Waals surface area (Å²) < 4.78 is 5.61. The summed E-state index contributed by atoms with van der Waals surface area (Å²) in [6.07, 6.45) is 2.26. The van der Waals surface area contributed by atoms with Gasteiger partial charge in [-0.15, -0.1) is 0 Å². The van der Waals surface area contributed by atoms with Gasteiger partial charge in [0.1, 0.15) is 0 Å². The van der Waals surface area contributed by atoms with Crippen molar-refractivity contribution in [2.75, 3.05) is 6.61 Å². The van der Waals surface area contributed by atoms with Crippen LogP contribution in [0, 0.1) is 0 Å². The molecule has 2 atom stereocenters. The molecule has 1 N–H and O–H groups in total. The summed E-state index contributed by atoms with van der Waals surface area (Å²) >= 11 is 0. The van der Waals surface area contributed by atoms with Crippen molar-refractivity contribution in [2.24, 2.45) is 0 Å². The second-order valence-corrected chi connectivity index (χ2v) is 5.38. The average molecular weight is 269 g/mol. The second-order valence-electron chi connectivity index (χ2n) is 5.38. The zero-order chi connectivity index (χ0) is 13.9. The highest BCUT2D eigenvalue weighted by atomic mass is 16.5. The summed E-state index contributed by atoms with van der Waals surface area (Å²) in [6, 6.07) is 13.9. The molecule has 0 unspecified atom stereocenters. The van der Waals surface area contributed by atoms with Crippen LogP contribution in [0.15, 0.2) is 42.5 Å². The summed E-state index contributed by atoms with van der Waals surface area (Å²) in [6.45, 7) is 2.82. The Morgan fingerprint density at radius 2 is 2.05 bits per heavy atom. The third-order valence-electron chi connectivity index (χ3n) is 3.89. The molecule has 20 heavy (non-hydrogen) atoms. The van der Waals surface area contributed by atoms with Crippen molar-refractivity contribution in [1.29, 1.82) is 0 Å². The number of amides is 1. The molecule has 0 aromatic heterocycles. The van der Waals surface area contributed by atoms with E-state index < -0.39 is 0 Å². The lowest BCUT2D eigenvalue weighted by Crippen LogP contribution is -2.40. The Balaban J connectivity index is 1.74. The lowest BCUT2D eigenvalue weighted by molar-refractivity contribution is 0.0712. The zero-order valence-electron chi connectivity index (χ0n) is 11.6. The van der Waals surface area contributed by atoms with E-state index in [1.807, 2.05) is 49.4 Å². The standard InChI is InChI=1S/C17H19NO2/c1-12(16-7-4-10-20-16)18-17(19)15-9-8-13-5-2-3-6-14(13)11-15/h2-3,5-6,8-9,11-12,16H,4,7,10H2,1H3,(H,18,19)/t12-,16-/m1/s1. The van der Waals surface area contributed by atoms with Crippen LogP contribution in [0.4, 0.5) is 0 Å². The first-order chi connectivity index (χ1) is 9.74. The molecule has 0 saturated carbocycles. The first-order valence-corrected chi connectivity index (χ1v) is 7.15. The molecule has 1 saturated heterocycles. The van der Waals surface area contributed by atoms with E-state index in [4.69, 9.17) is 4.74 Å². The maximum absolute atomic E-state index is 12.3. The molecule has 1 aliphatic heterocycles. The maximum Gasteiger partial charge on any atom is 0.251 e. The van der Waals surface area contributed by atoms with Crippen LogP contribution >= 0.6 is 0 Å². The molecule has 1 fully saturated rings. The minimum atomic E-state index is -0.0289. The minimum Gasteiger partial charge on any atom is -0.376 e. The Labute approximate surface area is 118 Å². The second kappa shape index (κ2) is 5.63. The van der Waals surface area contributed by atoms with Gasteiger partial charge < -0.3 is 10.1 Å². The number of carbonyl (C=O) groups excluding carboxylic acids is 1. The fourth-order valence-corrected chi connectivity index (χ4v) is 2.71. The van der Waals surface area contributed by atoms with Gasteiger partial charge in [-0.2, -0.15) is 0 Å². The fourth-order valence-electron chi connectivity index (χ4n) is 2.71. The van der Waals surface area contributed by atoms with Gasteiger partial charge in [0.2, 0.25) is 0 Å². The SMILES string of the molecule is C[C@@H](NC(=O)c1ccc2ccccc2c1)[C@H]1CCCO1. The van der Waals surface area contributed by atoms with Crippen molar-refractivity contribution in [1.82, 2.24) is 5.32 Å². The maximum atomic E-state index is 12.3. The topological polar surface area (TPSA) is 38.3 Å². The molecule has 1 heterocycles. The molecule has 3 nitrogen and oxygen atoms in total. The Morgan fingerprint density at radius 3 is 2.80 bits per heavy atom. The van der Waals surface area contributed by atoms with Crippen LogP contribution in [0.3, 0.4) is 0 Å². The number of rotatable bonds is 3. The Morgan fingerprint density at radius 1 is 1.25 bits per heavy atom. The lowest BCUT2D eigenvalue weighted by atomic mass is 10.1. The molecule has 2 aromatic carbocycles. The van der Waals surface area contributed by atoms with Crippen molar-refractivity contribution in [3.8, 4) is 0 Å². The fraction of sp³-hybridized carbons (Fsp3) is 0.353. The van der Waals surface area contributed by atoms with Crippen molar-refractivity contribution in [3.63, 3.8) is 0 Å². The smallest absolute Gasteiger partial charge is 0.251 e. The van der Waals surface area contributed by atoms with Crippen LogP contribution in [0.2, 0.25) is 0 Å². The van der Waals surface area contributed by atoms with E-state index in [-0.39, 0.29) is 18.1 Å². The summed E-state index contributed by atoms with van der Waals surface area (Å²) in [7, 11) is 0. The van der Waals surface area contributed by atoms with E-state index in [9.17, 15) is 4.79 Å². The average Bonchev–Trinajstić information content (AvgIpc) is 3.01. The molecule has 0 aliphatic carbocycles. The summed E-state index contributed by atoms with van der Waals surface area (Å²) in [5.41, 5.74) is 0.702. The van der Waals surface area contributed by atoms with Crippen LogP contribution < -0.4 is 5.32 Å². The number of nitrogens with one attached hydrogen (secondary N) is 1. The molecule has 104 valence electrons. The van der Waals surface area contributed by atoms with Gasteiger partial charge in [0, 0.05) is 12.2 Å². The molecule has 1 amide bonds. The summed E-state index contributed by atoms with van der Waals surface area (Å²) in [5, 5.41) is 5.28. The van der Waals surface area contributed by atoms with Crippen molar-refractivity contribution < 1.29 is 9.53 Å². The number of carbonyl (C=O) groups is 1. The van der Waals surface area contributed by atoms with Gasteiger partial charge in [0.25, 0.3) is 5.91 Å². The Hall–Kier alpha value is -1.87. The van der Waals surface area contributed by atoms with E-state index >= 15 is 0 Å². The third-order valence-corrected chi connectivity index (χ3v) is 3.89. The number of benzene rings is 2. The molecular formula is C17H19NO2. The first kappa shape index (κ1) is 13.1. The quantitative estimate of drug-likeness (QED) is 0.929. The minimum absolute atomic E-state index is 0.0289. The highest BCUT2D eigenvalue weighted by molar-refractivity contribution is 5.98. The Kier molecular flexibility index (Phi) is 3.70. The molecule has 2 aromatic rings. The number of hydrogen-bond acceptors (Lipinski definition) is 2. The largest absolute Gasteiger partial charge is 0.376 e. The van der Waals surface area contributed by atoms with E-state index in [1.165, 1.54) is 0 Å². The lowest BCUT2D eigenvalue weighted by Gasteiger charge is -2.20. The predicted molar refractivity (Wildman–Crippen MR) is 79.9 cm³/mol. The van der Waals surface area contributed by atoms with E-state index in [1.54, 1.807) is 0 Å². The van der Waals surface area contributed by atoms with Gasteiger partial charge in [-0.3, -0.25) is 4.79 Å². The van der Waals surface area contributed by atoms with Crippen LogP contribution in [0.25, 0.3) is 10.8 Å². The van der Waals surface area contributed by atoms with Gasteiger partial charge in [-0.05, 0) is 42.7 Å². The van der Waals surface area contributed by atoms with Gasteiger partial charge in [0.15, 0.2) is 0 Å². The molecular weight excluding hydrogens is 250 g/mol. The number of hydrogen-bond donors (Lipinski definition) is 1. The monoisotopic (exact) mass is 269 g/mol.